The Balaban J connectivity index is 3.18. The number of nitro benzene ring substituents is 1. The fourth-order valence-electron chi connectivity index (χ4n) is 1.84. The van der Waals surface area contributed by atoms with Crippen LogP contribution >= 0.6 is 23.2 Å². The van der Waals surface area contributed by atoms with Gasteiger partial charge in [0, 0.05) is 25.2 Å². The van der Waals surface area contributed by atoms with Crippen molar-refractivity contribution in [2.75, 3.05) is 7.05 Å². The number of hydrogen-bond acceptors (Lipinski definition) is 3. The Labute approximate surface area is 127 Å². The molecular weight excluding hydrogens is 303 g/mol. The van der Waals surface area contributed by atoms with Crippen molar-refractivity contribution >= 4 is 34.8 Å². The first-order chi connectivity index (χ1) is 9.29. The van der Waals surface area contributed by atoms with E-state index >= 15 is 0 Å². The van der Waals surface area contributed by atoms with Gasteiger partial charge in [0.25, 0.3) is 11.6 Å². The van der Waals surface area contributed by atoms with Gasteiger partial charge in [-0.15, -0.1) is 0 Å². The number of carbonyl (C=O) groups excluding carboxylic acids is 1. The summed E-state index contributed by atoms with van der Waals surface area (Å²) in [6, 6.07) is 2.31. The number of rotatable bonds is 5. The highest BCUT2D eigenvalue weighted by atomic mass is 35.5. The Hall–Kier alpha value is -1.33. The van der Waals surface area contributed by atoms with Gasteiger partial charge in [0.05, 0.1) is 20.5 Å². The molecule has 1 unspecified atom stereocenters. The summed E-state index contributed by atoms with van der Waals surface area (Å²) >= 11 is 11.8. The summed E-state index contributed by atoms with van der Waals surface area (Å²) in [4.78, 5) is 24.1. The fraction of sp³-hybridized carbons (Fsp3) is 0.462. The lowest BCUT2D eigenvalue weighted by Crippen LogP contribution is -2.35. The van der Waals surface area contributed by atoms with Gasteiger partial charge in [-0.3, -0.25) is 14.9 Å². The smallest absolute Gasteiger partial charge is 0.271 e. The van der Waals surface area contributed by atoms with Crippen molar-refractivity contribution < 1.29 is 9.72 Å². The molecule has 0 heterocycles. The molecule has 0 saturated carbocycles. The highest BCUT2D eigenvalue weighted by Crippen LogP contribution is 2.31. The molecule has 0 aliphatic carbocycles. The predicted octanol–water partition coefficient (Wildman–Crippen LogP) is 4.16. The van der Waals surface area contributed by atoms with Crippen molar-refractivity contribution in [3.63, 3.8) is 0 Å². The van der Waals surface area contributed by atoms with E-state index in [-0.39, 0.29) is 33.2 Å². The van der Waals surface area contributed by atoms with Crippen LogP contribution in [-0.4, -0.2) is 28.8 Å². The largest absolute Gasteiger partial charge is 0.339 e. The Kier molecular flexibility index (Phi) is 5.77. The summed E-state index contributed by atoms with van der Waals surface area (Å²) < 4.78 is 0. The molecule has 20 heavy (non-hydrogen) atoms. The van der Waals surface area contributed by atoms with Crippen LogP contribution in [0.2, 0.25) is 10.0 Å². The van der Waals surface area contributed by atoms with Gasteiger partial charge in [-0.1, -0.05) is 36.5 Å². The zero-order valence-electron chi connectivity index (χ0n) is 11.5. The second-order valence-electron chi connectivity index (χ2n) is 4.60. The monoisotopic (exact) mass is 318 g/mol. The zero-order chi connectivity index (χ0) is 15.4. The highest BCUT2D eigenvalue weighted by molar-refractivity contribution is 6.44. The van der Waals surface area contributed by atoms with Gasteiger partial charge in [0.15, 0.2) is 0 Å². The molecule has 0 saturated heterocycles. The van der Waals surface area contributed by atoms with Crippen molar-refractivity contribution in [2.24, 2.45) is 0 Å². The van der Waals surface area contributed by atoms with Gasteiger partial charge in [0.2, 0.25) is 0 Å². The van der Waals surface area contributed by atoms with Crippen LogP contribution in [0.15, 0.2) is 12.1 Å². The van der Waals surface area contributed by atoms with Crippen LogP contribution in [0, 0.1) is 10.1 Å². The molecule has 110 valence electrons. The van der Waals surface area contributed by atoms with Gasteiger partial charge in [0.1, 0.15) is 0 Å². The van der Waals surface area contributed by atoms with E-state index in [9.17, 15) is 14.9 Å². The minimum absolute atomic E-state index is 0.000705. The topological polar surface area (TPSA) is 63.5 Å². The minimum atomic E-state index is -0.603. The van der Waals surface area contributed by atoms with E-state index in [0.717, 1.165) is 25.0 Å². The molecule has 0 aliphatic rings. The molecule has 1 rings (SSSR count). The second kappa shape index (κ2) is 6.90. The number of carbonyl (C=O) groups is 1. The van der Waals surface area contributed by atoms with Gasteiger partial charge in [-0.2, -0.15) is 0 Å². The standard InChI is InChI=1S/C13H16Cl2N2O3/c1-4-5-8(2)16(3)13(18)10-6-9(17(19)20)7-11(14)12(10)15/h6-8H,4-5H2,1-3H3. The SMILES string of the molecule is CCCC(C)N(C)C(=O)c1cc([N+](=O)[O-])cc(Cl)c1Cl. The lowest BCUT2D eigenvalue weighted by atomic mass is 10.1. The van der Waals surface area contributed by atoms with E-state index in [2.05, 4.69) is 0 Å². The average Bonchev–Trinajstić information content (AvgIpc) is 2.40. The van der Waals surface area contributed by atoms with Crippen LogP contribution in [-0.2, 0) is 0 Å². The summed E-state index contributed by atoms with van der Waals surface area (Å²) in [5.74, 6) is -0.374. The first-order valence-corrected chi connectivity index (χ1v) is 6.95. The fourth-order valence-corrected chi connectivity index (χ4v) is 2.24. The van der Waals surface area contributed by atoms with Gasteiger partial charge < -0.3 is 4.90 Å². The number of nitro groups is 1. The van der Waals surface area contributed by atoms with E-state index in [0.29, 0.717) is 0 Å². The molecule has 0 aliphatic heterocycles. The Morgan fingerprint density at radius 3 is 2.55 bits per heavy atom. The maximum absolute atomic E-state index is 12.4. The first kappa shape index (κ1) is 16.7. The molecule has 1 atom stereocenters. The average molecular weight is 319 g/mol. The summed E-state index contributed by atoms with van der Waals surface area (Å²) in [7, 11) is 1.64. The van der Waals surface area contributed by atoms with E-state index in [1.54, 1.807) is 7.05 Å². The Bertz CT molecular complexity index is 535. The van der Waals surface area contributed by atoms with Crippen LogP contribution in [0.25, 0.3) is 0 Å². The molecule has 1 aromatic carbocycles. The lowest BCUT2D eigenvalue weighted by molar-refractivity contribution is -0.384. The molecule has 0 aromatic heterocycles. The highest BCUT2D eigenvalue weighted by Gasteiger charge is 2.24. The van der Waals surface area contributed by atoms with E-state index in [4.69, 9.17) is 23.2 Å². The number of hydrogen-bond donors (Lipinski definition) is 0. The Morgan fingerprint density at radius 1 is 1.45 bits per heavy atom. The van der Waals surface area contributed by atoms with Crippen LogP contribution in [0.1, 0.15) is 37.0 Å². The number of non-ortho nitro benzene ring substituents is 1. The molecule has 1 amide bonds. The molecule has 1 aromatic rings. The number of benzene rings is 1. The summed E-state index contributed by atoms with van der Waals surface area (Å²) in [6.45, 7) is 3.93. The minimum Gasteiger partial charge on any atom is -0.339 e. The van der Waals surface area contributed by atoms with Gasteiger partial charge in [-0.05, 0) is 13.3 Å². The van der Waals surface area contributed by atoms with Crippen LogP contribution in [0.5, 0.6) is 0 Å². The Morgan fingerprint density at radius 2 is 2.05 bits per heavy atom. The molecule has 0 N–H and O–H groups in total. The third-order valence-corrected chi connectivity index (χ3v) is 3.94. The number of amides is 1. The van der Waals surface area contributed by atoms with Crippen LogP contribution in [0.3, 0.4) is 0 Å². The van der Waals surface area contributed by atoms with Crippen molar-refractivity contribution in [3.8, 4) is 0 Å². The lowest BCUT2D eigenvalue weighted by Gasteiger charge is -2.25. The van der Waals surface area contributed by atoms with Crippen molar-refractivity contribution in [3.05, 3.63) is 37.9 Å². The van der Waals surface area contributed by atoms with Crippen molar-refractivity contribution in [1.82, 2.24) is 4.90 Å². The molecule has 0 spiro atoms. The molecular formula is C13H16Cl2N2O3. The molecule has 0 bridgehead atoms. The van der Waals surface area contributed by atoms with E-state index in [1.807, 2.05) is 13.8 Å². The van der Waals surface area contributed by atoms with Crippen LogP contribution in [0.4, 0.5) is 5.69 Å². The predicted molar refractivity (Wildman–Crippen MR) is 79.6 cm³/mol. The first-order valence-electron chi connectivity index (χ1n) is 6.20. The van der Waals surface area contributed by atoms with Gasteiger partial charge in [-0.25, -0.2) is 0 Å². The normalized spacial score (nSPS) is 12.1. The summed E-state index contributed by atoms with van der Waals surface area (Å²) in [5, 5.41) is 10.9. The summed E-state index contributed by atoms with van der Waals surface area (Å²) in [6.07, 6.45) is 1.77. The number of nitrogens with zero attached hydrogens (tertiary/aromatic N) is 2. The number of halogens is 2. The third kappa shape index (κ3) is 3.61. The molecule has 0 fully saturated rings. The zero-order valence-corrected chi connectivity index (χ0v) is 13.0. The van der Waals surface area contributed by atoms with Crippen LogP contribution < -0.4 is 0 Å². The molecule has 5 nitrogen and oxygen atoms in total. The second-order valence-corrected chi connectivity index (χ2v) is 5.39. The molecule has 7 heteroatoms. The maximum atomic E-state index is 12.4. The molecule has 0 radical (unpaired) electrons. The third-order valence-electron chi connectivity index (χ3n) is 3.14. The van der Waals surface area contributed by atoms with E-state index in [1.165, 1.54) is 4.90 Å². The van der Waals surface area contributed by atoms with Gasteiger partial charge >= 0.3 is 0 Å². The van der Waals surface area contributed by atoms with Crippen molar-refractivity contribution in [1.29, 1.82) is 0 Å². The summed E-state index contributed by atoms with van der Waals surface area (Å²) in [5.41, 5.74) is -0.199. The maximum Gasteiger partial charge on any atom is 0.271 e. The van der Waals surface area contributed by atoms with E-state index < -0.39 is 4.92 Å². The quantitative estimate of drug-likeness (QED) is 0.604. The van der Waals surface area contributed by atoms with Crippen molar-refractivity contribution in [2.45, 2.75) is 32.7 Å².